The number of imidazole rings is 1. The highest BCUT2D eigenvalue weighted by Gasteiger charge is 2.32. The largest absolute Gasteiger partial charge is 0.370 e. The minimum absolute atomic E-state index is 0.0619. The van der Waals surface area contributed by atoms with Crippen molar-refractivity contribution in [3.8, 4) is 0 Å². The Bertz CT molecular complexity index is 623. The second kappa shape index (κ2) is 6.81. The summed E-state index contributed by atoms with van der Waals surface area (Å²) < 4.78 is 7.98. The molecule has 23 heavy (non-hydrogen) atoms. The zero-order chi connectivity index (χ0) is 16.3. The Morgan fingerprint density at radius 3 is 2.96 bits per heavy atom. The van der Waals surface area contributed by atoms with E-state index >= 15 is 0 Å². The Morgan fingerprint density at radius 1 is 1.39 bits per heavy atom. The minimum Gasteiger partial charge on any atom is -0.370 e. The van der Waals surface area contributed by atoms with E-state index in [1.54, 1.807) is 0 Å². The van der Waals surface area contributed by atoms with Gasteiger partial charge in [-0.25, -0.2) is 4.98 Å². The van der Waals surface area contributed by atoms with Crippen LogP contribution in [0.25, 0.3) is 0 Å². The van der Waals surface area contributed by atoms with Gasteiger partial charge in [-0.3, -0.25) is 4.98 Å². The number of hydrogen-bond donors (Lipinski definition) is 1. The maximum atomic E-state index is 5.92. The standard InChI is InChI=1S/C18H26N4O/c1-18(2,15-5-4-7-19-12-15)13-20-11-14-6-10-23-16(14)17-21-8-9-22(17)3/h4-5,7-9,12,14,16,20H,6,10-11,13H2,1-3H3/t14-,16+/m0/s1. The van der Waals surface area contributed by atoms with Crippen molar-refractivity contribution < 1.29 is 4.74 Å². The summed E-state index contributed by atoms with van der Waals surface area (Å²) in [6, 6.07) is 4.14. The van der Waals surface area contributed by atoms with Gasteiger partial charge in [0.05, 0.1) is 0 Å². The fourth-order valence-corrected chi connectivity index (χ4v) is 3.21. The molecule has 1 N–H and O–H groups in total. The van der Waals surface area contributed by atoms with Crippen LogP contribution < -0.4 is 5.32 Å². The molecule has 1 aliphatic rings. The van der Waals surface area contributed by atoms with Gasteiger partial charge in [0, 0.05) is 62.9 Å². The minimum atomic E-state index is 0.0619. The van der Waals surface area contributed by atoms with Gasteiger partial charge in [-0.2, -0.15) is 0 Å². The van der Waals surface area contributed by atoms with Gasteiger partial charge in [0.15, 0.2) is 0 Å². The van der Waals surface area contributed by atoms with E-state index in [0.717, 1.165) is 31.9 Å². The first kappa shape index (κ1) is 16.1. The molecular weight excluding hydrogens is 288 g/mol. The van der Waals surface area contributed by atoms with Gasteiger partial charge in [-0.1, -0.05) is 19.9 Å². The third-order valence-electron chi connectivity index (χ3n) is 4.74. The fraction of sp³-hybridized carbons (Fsp3) is 0.556. The Morgan fingerprint density at radius 2 is 2.26 bits per heavy atom. The summed E-state index contributed by atoms with van der Waals surface area (Å²) in [5, 5.41) is 3.63. The molecule has 5 nitrogen and oxygen atoms in total. The van der Waals surface area contributed by atoms with Crippen molar-refractivity contribution in [1.82, 2.24) is 19.9 Å². The molecule has 3 rings (SSSR count). The molecule has 1 aliphatic heterocycles. The second-order valence-electron chi connectivity index (χ2n) is 6.99. The van der Waals surface area contributed by atoms with Crippen LogP contribution in [0.1, 0.15) is 37.8 Å². The van der Waals surface area contributed by atoms with E-state index < -0.39 is 0 Å². The van der Waals surface area contributed by atoms with E-state index in [4.69, 9.17) is 4.74 Å². The van der Waals surface area contributed by atoms with E-state index in [-0.39, 0.29) is 11.5 Å². The number of ether oxygens (including phenoxy) is 1. The molecule has 0 amide bonds. The normalized spacial score (nSPS) is 21.7. The number of nitrogens with zero attached hydrogens (tertiary/aromatic N) is 3. The summed E-state index contributed by atoms with van der Waals surface area (Å²) in [5.41, 5.74) is 1.32. The quantitative estimate of drug-likeness (QED) is 0.890. The molecule has 2 atom stereocenters. The highest BCUT2D eigenvalue weighted by Crippen LogP contribution is 2.33. The Labute approximate surface area is 138 Å². The third kappa shape index (κ3) is 3.62. The molecule has 5 heteroatoms. The molecule has 0 radical (unpaired) electrons. The molecule has 0 aliphatic carbocycles. The first-order valence-electron chi connectivity index (χ1n) is 8.28. The number of rotatable bonds is 6. The van der Waals surface area contributed by atoms with E-state index in [1.807, 2.05) is 37.9 Å². The zero-order valence-electron chi connectivity index (χ0n) is 14.2. The summed E-state index contributed by atoms with van der Waals surface area (Å²) in [6.45, 7) is 7.18. The lowest BCUT2D eigenvalue weighted by atomic mass is 9.85. The van der Waals surface area contributed by atoms with Gasteiger partial charge in [-0.15, -0.1) is 0 Å². The third-order valence-corrected chi connectivity index (χ3v) is 4.74. The maximum Gasteiger partial charge on any atom is 0.137 e. The topological polar surface area (TPSA) is 52.0 Å². The molecule has 2 aromatic rings. The predicted octanol–water partition coefficient (Wildman–Crippen LogP) is 2.46. The maximum absolute atomic E-state index is 5.92. The van der Waals surface area contributed by atoms with Crippen LogP contribution in [0.2, 0.25) is 0 Å². The zero-order valence-corrected chi connectivity index (χ0v) is 14.2. The van der Waals surface area contributed by atoms with Crippen molar-refractivity contribution in [2.75, 3.05) is 19.7 Å². The summed E-state index contributed by atoms with van der Waals surface area (Å²) in [5.74, 6) is 1.50. The number of pyridine rings is 1. The van der Waals surface area contributed by atoms with Crippen LogP contribution in [0.3, 0.4) is 0 Å². The van der Waals surface area contributed by atoms with E-state index in [0.29, 0.717) is 5.92 Å². The molecule has 0 spiro atoms. The lowest BCUT2D eigenvalue weighted by Gasteiger charge is -2.27. The number of hydrogen-bond acceptors (Lipinski definition) is 4. The lowest BCUT2D eigenvalue weighted by Crippen LogP contribution is -2.36. The van der Waals surface area contributed by atoms with Crippen molar-refractivity contribution in [3.63, 3.8) is 0 Å². The van der Waals surface area contributed by atoms with Crippen molar-refractivity contribution in [3.05, 3.63) is 48.3 Å². The second-order valence-corrected chi connectivity index (χ2v) is 6.99. The number of aromatic nitrogens is 3. The van der Waals surface area contributed by atoms with Crippen LogP contribution in [-0.2, 0) is 17.2 Å². The van der Waals surface area contributed by atoms with Crippen LogP contribution in [0.5, 0.6) is 0 Å². The van der Waals surface area contributed by atoms with Gasteiger partial charge >= 0.3 is 0 Å². The fourth-order valence-electron chi connectivity index (χ4n) is 3.21. The molecule has 0 unspecified atom stereocenters. The van der Waals surface area contributed by atoms with Crippen LogP contribution >= 0.6 is 0 Å². The van der Waals surface area contributed by atoms with Crippen LogP contribution in [-0.4, -0.2) is 34.2 Å². The van der Waals surface area contributed by atoms with Crippen LogP contribution in [0, 0.1) is 5.92 Å². The van der Waals surface area contributed by atoms with Gasteiger partial charge in [0.2, 0.25) is 0 Å². The van der Waals surface area contributed by atoms with Crippen molar-refractivity contribution in [2.24, 2.45) is 13.0 Å². The first-order chi connectivity index (χ1) is 11.1. The Balaban J connectivity index is 1.57. The average molecular weight is 314 g/mol. The highest BCUT2D eigenvalue weighted by atomic mass is 16.5. The molecular formula is C18H26N4O. The van der Waals surface area contributed by atoms with Crippen molar-refractivity contribution >= 4 is 0 Å². The lowest BCUT2D eigenvalue weighted by molar-refractivity contribution is 0.0809. The summed E-state index contributed by atoms with van der Waals surface area (Å²) >= 11 is 0. The predicted molar refractivity (Wildman–Crippen MR) is 90.1 cm³/mol. The van der Waals surface area contributed by atoms with Crippen molar-refractivity contribution in [1.29, 1.82) is 0 Å². The highest BCUT2D eigenvalue weighted by molar-refractivity contribution is 5.19. The van der Waals surface area contributed by atoms with Gasteiger partial charge in [0.25, 0.3) is 0 Å². The number of aryl methyl sites for hydroxylation is 1. The molecule has 3 heterocycles. The summed E-state index contributed by atoms with van der Waals surface area (Å²) in [7, 11) is 2.03. The number of nitrogens with one attached hydrogen (secondary N) is 1. The Kier molecular flexibility index (Phi) is 4.78. The Hall–Kier alpha value is -1.72. The summed E-state index contributed by atoms with van der Waals surface area (Å²) in [4.78, 5) is 8.69. The van der Waals surface area contributed by atoms with Crippen LogP contribution in [0.15, 0.2) is 36.9 Å². The molecule has 0 saturated carbocycles. The average Bonchev–Trinajstić information content (AvgIpc) is 3.16. The molecule has 124 valence electrons. The molecule has 0 bridgehead atoms. The van der Waals surface area contributed by atoms with E-state index in [9.17, 15) is 0 Å². The van der Waals surface area contributed by atoms with Gasteiger partial charge < -0.3 is 14.6 Å². The molecule has 1 fully saturated rings. The molecule has 2 aromatic heterocycles. The van der Waals surface area contributed by atoms with Crippen molar-refractivity contribution in [2.45, 2.75) is 31.8 Å². The van der Waals surface area contributed by atoms with Gasteiger partial charge in [0.1, 0.15) is 11.9 Å². The van der Waals surface area contributed by atoms with Crippen LogP contribution in [0.4, 0.5) is 0 Å². The molecule has 0 aromatic carbocycles. The molecule has 1 saturated heterocycles. The van der Waals surface area contributed by atoms with E-state index in [1.165, 1.54) is 5.56 Å². The SMILES string of the molecule is Cn1ccnc1[C@@H]1OCC[C@H]1CNCC(C)(C)c1cccnc1. The van der Waals surface area contributed by atoms with E-state index in [2.05, 4.69) is 39.8 Å². The monoisotopic (exact) mass is 314 g/mol. The smallest absolute Gasteiger partial charge is 0.137 e. The first-order valence-corrected chi connectivity index (χ1v) is 8.28. The summed E-state index contributed by atoms with van der Waals surface area (Å²) in [6.07, 6.45) is 8.78. The van der Waals surface area contributed by atoms with Gasteiger partial charge in [-0.05, 0) is 18.1 Å².